The van der Waals surface area contributed by atoms with Crippen molar-refractivity contribution in [3.8, 4) is 0 Å². The molecule has 0 spiro atoms. The zero-order chi connectivity index (χ0) is 20.1. The number of thiophene rings is 2. The van der Waals surface area contributed by atoms with Crippen molar-refractivity contribution < 1.29 is 0 Å². The number of H-pyrrole nitrogens is 1. The molecule has 0 bridgehead atoms. The Labute approximate surface area is 179 Å². The number of nitrogens with one attached hydrogen (secondary N) is 1. The van der Waals surface area contributed by atoms with Gasteiger partial charge in [0.05, 0.1) is 16.7 Å². The highest BCUT2D eigenvalue weighted by atomic mass is 32.2. The second-order valence-electron chi connectivity index (χ2n) is 7.41. The molecule has 29 heavy (non-hydrogen) atoms. The fourth-order valence-corrected chi connectivity index (χ4v) is 6.73. The van der Waals surface area contributed by atoms with Crippen LogP contribution in [0, 0.1) is 13.8 Å². The average Bonchev–Trinajstić information content (AvgIpc) is 3.42. The number of aromatic amines is 1. The molecule has 4 heterocycles. The van der Waals surface area contributed by atoms with Crippen LogP contribution in [0.2, 0.25) is 0 Å². The van der Waals surface area contributed by atoms with E-state index in [-0.39, 0.29) is 17.2 Å². The maximum atomic E-state index is 13.4. The van der Waals surface area contributed by atoms with E-state index in [1.165, 1.54) is 23.1 Å². The fourth-order valence-electron chi connectivity index (χ4n) is 4.00. The minimum atomic E-state index is -0.110. The van der Waals surface area contributed by atoms with Crippen LogP contribution in [-0.2, 0) is 5.75 Å². The Morgan fingerprint density at radius 3 is 2.83 bits per heavy atom. The molecular formula is C20H20N4O2S3. The van der Waals surface area contributed by atoms with Crippen LogP contribution >= 0.6 is 34.4 Å². The number of aryl methyl sites for hydroxylation is 2. The van der Waals surface area contributed by atoms with Crippen LogP contribution in [0.5, 0.6) is 0 Å². The summed E-state index contributed by atoms with van der Waals surface area (Å²) in [6.45, 7) is 4.05. The molecule has 4 aromatic heterocycles. The summed E-state index contributed by atoms with van der Waals surface area (Å²) in [4.78, 5) is 39.9. The van der Waals surface area contributed by atoms with Crippen LogP contribution < -0.4 is 11.1 Å². The van der Waals surface area contributed by atoms with Gasteiger partial charge in [-0.3, -0.25) is 14.2 Å². The molecule has 0 aromatic carbocycles. The van der Waals surface area contributed by atoms with E-state index in [2.05, 4.69) is 9.97 Å². The van der Waals surface area contributed by atoms with Crippen LogP contribution in [0.4, 0.5) is 0 Å². The summed E-state index contributed by atoms with van der Waals surface area (Å²) in [5.41, 5.74) is 1.72. The molecule has 1 aliphatic rings. The summed E-state index contributed by atoms with van der Waals surface area (Å²) in [5, 5.41) is 3.36. The molecule has 5 rings (SSSR count). The van der Waals surface area contributed by atoms with Crippen molar-refractivity contribution in [2.24, 2.45) is 0 Å². The Balaban J connectivity index is 1.58. The van der Waals surface area contributed by atoms with E-state index < -0.39 is 0 Å². The molecule has 0 saturated heterocycles. The normalized spacial score (nSPS) is 15.1. The van der Waals surface area contributed by atoms with Crippen LogP contribution in [0.3, 0.4) is 0 Å². The minimum absolute atomic E-state index is 0.0704. The van der Waals surface area contributed by atoms with E-state index in [0.717, 1.165) is 57.0 Å². The lowest BCUT2D eigenvalue weighted by molar-refractivity contribution is 0.458. The molecular weight excluding hydrogens is 424 g/mol. The number of aromatic nitrogens is 4. The SMILES string of the molecule is Cc1sc2nc(SCc3nc4ccsc4c(=O)[nH]3)n(C3CCCC3)c(=O)c2c1C. The highest BCUT2D eigenvalue weighted by molar-refractivity contribution is 7.98. The highest BCUT2D eigenvalue weighted by Crippen LogP contribution is 2.35. The first kappa shape index (κ1) is 19.0. The number of rotatable bonds is 4. The number of fused-ring (bicyclic) bond motifs is 2. The molecule has 1 fully saturated rings. The van der Waals surface area contributed by atoms with Crippen LogP contribution in [0.25, 0.3) is 20.4 Å². The number of hydrogen-bond donors (Lipinski definition) is 1. The minimum Gasteiger partial charge on any atom is -0.309 e. The van der Waals surface area contributed by atoms with Crippen molar-refractivity contribution in [2.45, 2.75) is 56.5 Å². The summed E-state index contributed by atoms with van der Waals surface area (Å²) in [6.07, 6.45) is 4.31. The molecule has 1 N–H and O–H groups in total. The Hall–Kier alpha value is -1.97. The molecule has 150 valence electrons. The first-order chi connectivity index (χ1) is 14.0. The van der Waals surface area contributed by atoms with Gasteiger partial charge >= 0.3 is 0 Å². The molecule has 1 saturated carbocycles. The lowest BCUT2D eigenvalue weighted by Gasteiger charge is -2.18. The molecule has 0 unspecified atom stereocenters. The molecule has 0 atom stereocenters. The van der Waals surface area contributed by atoms with Crippen molar-refractivity contribution in [3.05, 3.63) is 48.4 Å². The lowest BCUT2D eigenvalue weighted by atomic mass is 10.2. The first-order valence-corrected chi connectivity index (χ1v) is 12.3. The molecule has 0 aliphatic heterocycles. The first-order valence-electron chi connectivity index (χ1n) is 9.64. The third-order valence-corrected chi connectivity index (χ3v) is 8.56. The summed E-state index contributed by atoms with van der Waals surface area (Å²) >= 11 is 4.45. The summed E-state index contributed by atoms with van der Waals surface area (Å²) in [6, 6.07) is 2.06. The molecule has 1 aliphatic carbocycles. The van der Waals surface area contributed by atoms with E-state index in [4.69, 9.17) is 4.98 Å². The molecule has 4 aromatic rings. The smallest absolute Gasteiger partial charge is 0.268 e. The van der Waals surface area contributed by atoms with Gasteiger partial charge in [-0.05, 0) is 43.7 Å². The van der Waals surface area contributed by atoms with E-state index in [1.807, 2.05) is 29.9 Å². The number of nitrogens with zero attached hydrogens (tertiary/aromatic N) is 3. The van der Waals surface area contributed by atoms with Gasteiger partial charge in [0.15, 0.2) is 5.16 Å². The Kier molecular flexibility index (Phi) is 4.84. The van der Waals surface area contributed by atoms with Crippen molar-refractivity contribution in [2.75, 3.05) is 0 Å². The molecule has 9 heteroatoms. The number of thioether (sulfide) groups is 1. The van der Waals surface area contributed by atoms with E-state index in [9.17, 15) is 9.59 Å². The van der Waals surface area contributed by atoms with Crippen molar-refractivity contribution >= 4 is 54.9 Å². The van der Waals surface area contributed by atoms with Crippen LogP contribution in [-0.4, -0.2) is 19.5 Å². The van der Waals surface area contributed by atoms with Crippen molar-refractivity contribution in [3.63, 3.8) is 0 Å². The van der Waals surface area contributed by atoms with Gasteiger partial charge in [0.2, 0.25) is 0 Å². The summed E-state index contributed by atoms with van der Waals surface area (Å²) < 4.78 is 2.55. The van der Waals surface area contributed by atoms with Gasteiger partial charge in [-0.25, -0.2) is 9.97 Å². The molecule has 6 nitrogen and oxygen atoms in total. The standard InChI is InChI=1S/C20H20N4O2S3/c1-10-11(2)29-18-15(10)19(26)24(12-5-3-4-6-12)20(23-18)28-9-14-21-13-7-8-27-16(13)17(25)22-14/h7-8,12H,3-6,9H2,1-2H3,(H,21,22,25). The van der Waals surface area contributed by atoms with Gasteiger partial charge in [0.25, 0.3) is 11.1 Å². The van der Waals surface area contributed by atoms with Gasteiger partial charge in [0.1, 0.15) is 15.4 Å². The van der Waals surface area contributed by atoms with E-state index in [0.29, 0.717) is 16.3 Å². The van der Waals surface area contributed by atoms with Gasteiger partial charge in [-0.1, -0.05) is 24.6 Å². The Bertz CT molecular complexity index is 1340. The lowest BCUT2D eigenvalue weighted by Crippen LogP contribution is -2.26. The highest BCUT2D eigenvalue weighted by Gasteiger charge is 2.25. The summed E-state index contributed by atoms with van der Waals surface area (Å²) in [7, 11) is 0. The third kappa shape index (κ3) is 3.25. The summed E-state index contributed by atoms with van der Waals surface area (Å²) in [5.74, 6) is 1.08. The van der Waals surface area contributed by atoms with Crippen molar-refractivity contribution in [1.29, 1.82) is 0 Å². The Morgan fingerprint density at radius 1 is 1.24 bits per heavy atom. The number of hydrogen-bond acceptors (Lipinski definition) is 7. The zero-order valence-corrected chi connectivity index (χ0v) is 18.6. The Morgan fingerprint density at radius 2 is 2.03 bits per heavy atom. The van der Waals surface area contributed by atoms with Gasteiger partial charge in [0, 0.05) is 10.9 Å². The van der Waals surface area contributed by atoms with Gasteiger partial charge in [-0.15, -0.1) is 22.7 Å². The monoisotopic (exact) mass is 444 g/mol. The van der Waals surface area contributed by atoms with Gasteiger partial charge in [-0.2, -0.15) is 0 Å². The molecule has 0 radical (unpaired) electrons. The maximum Gasteiger partial charge on any atom is 0.268 e. The van der Waals surface area contributed by atoms with Crippen LogP contribution in [0.15, 0.2) is 26.2 Å². The maximum absolute atomic E-state index is 13.4. The van der Waals surface area contributed by atoms with E-state index >= 15 is 0 Å². The largest absolute Gasteiger partial charge is 0.309 e. The second kappa shape index (κ2) is 7.37. The van der Waals surface area contributed by atoms with E-state index in [1.54, 1.807) is 11.3 Å². The topological polar surface area (TPSA) is 80.6 Å². The predicted octanol–water partition coefficient (Wildman–Crippen LogP) is 4.78. The predicted molar refractivity (Wildman–Crippen MR) is 121 cm³/mol. The van der Waals surface area contributed by atoms with Crippen molar-refractivity contribution in [1.82, 2.24) is 19.5 Å². The second-order valence-corrected chi connectivity index (χ2v) is 10.5. The third-order valence-electron chi connectivity index (χ3n) is 5.59. The molecule has 0 amide bonds. The van der Waals surface area contributed by atoms with Gasteiger partial charge < -0.3 is 4.98 Å². The zero-order valence-electron chi connectivity index (χ0n) is 16.2. The quantitative estimate of drug-likeness (QED) is 0.362. The van der Waals surface area contributed by atoms with Crippen LogP contribution in [0.1, 0.15) is 48.0 Å². The average molecular weight is 445 g/mol. The fraction of sp³-hybridized carbons (Fsp3) is 0.400.